The molecule has 5 rings (SSSR count). The van der Waals surface area contributed by atoms with Gasteiger partial charge in [-0.1, -0.05) is 38.1 Å². The molecule has 3 aliphatic heterocycles. The fraction of sp³-hybridized carbons (Fsp3) is 0.423. The third-order valence-corrected chi connectivity index (χ3v) is 6.42. The number of nitrogens with zero attached hydrogens (tertiary/aromatic N) is 2. The van der Waals surface area contributed by atoms with E-state index in [0.717, 1.165) is 56.3 Å². The van der Waals surface area contributed by atoms with Crippen molar-refractivity contribution in [3.8, 4) is 11.5 Å². The number of fused-ring (bicyclic) bond motifs is 3. The van der Waals surface area contributed by atoms with Crippen molar-refractivity contribution in [1.82, 2.24) is 9.80 Å². The van der Waals surface area contributed by atoms with Gasteiger partial charge in [-0.2, -0.15) is 0 Å². The van der Waals surface area contributed by atoms with Gasteiger partial charge in [-0.05, 0) is 35.3 Å². The normalized spacial score (nSPS) is 20.2. The Hall–Kier alpha value is -2.67. The maximum absolute atomic E-state index is 13.0. The highest BCUT2D eigenvalue weighted by Gasteiger charge is 2.33. The van der Waals surface area contributed by atoms with Crippen LogP contribution in [0, 0.1) is 0 Å². The molecule has 2 aromatic carbocycles. The summed E-state index contributed by atoms with van der Waals surface area (Å²) in [7, 11) is 0. The van der Waals surface area contributed by atoms with E-state index in [1.54, 1.807) is 0 Å². The maximum atomic E-state index is 13.0. The molecule has 0 bridgehead atoms. The zero-order chi connectivity index (χ0) is 22.1. The summed E-state index contributed by atoms with van der Waals surface area (Å²) in [4.78, 5) is 17.7. The molecule has 1 fully saturated rings. The molecule has 0 unspecified atom stereocenters. The molecule has 2 aromatic rings. The van der Waals surface area contributed by atoms with Crippen LogP contribution in [0.25, 0.3) is 6.08 Å². The molecule has 0 atom stereocenters. The molecule has 1 saturated heterocycles. The number of rotatable bonds is 5. The molecular weight excluding hydrogens is 404 g/mol. The topological polar surface area (TPSA) is 51.2 Å². The van der Waals surface area contributed by atoms with Gasteiger partial charge in [0, 0.05) is 32.7 Å². The molecule has 6 nitrogen and oxygen atoms in total. The van der Waals surface area contributed by atoms with Gasteiger partial charge in [0.25, 0.3) is 0 Å². The van der Waals surface area contributed by atoms with E-state index >= 15 is 0 Å². The molecule has 0 radical (unpaired) electrons. The molecule has 32 heavy (non-hydrogen) atoms. The second-order valence-corrected chi connectivity index (χ2v) is 8.96. The lowest BCUT2D eigenvalue weighted by Crippen LogP contribution is -2.43. The predicted octanol–water partition coefficient (Wildman–Crippen LogP) is 3.91. The number of ketones is 1. The lowest BCUT2D eigenvalue weighted by atomic mass is 10.0. The summed E-state index contributed by atoms with van der Waals surface area (Å²) in [6.45, 7) is 11.1. The number of benzene rings is 2. The molecule has 3 heterocycles. The van der Waals surface area contributed by atoms with Gasteiger partial charge in [0.1, 0.15) is 18.2 Å². The van der Waals surface area contributed by atoms with E-state index in [0.29, 0.717) is 36.3 Å². The van der Waals surface area contributed by atoms with Gasteiger partial charge in [-0.3, -0.25) is 14.6 Å². The Balaban J connectivity index is 1.32. The minimum absolute atomic E-state index is 0.0684. The first-order valence-corrected chi connectivity index (χ1v) is 11.4. The maximum Gasteiger partial charge on any atom is 0.231 e. The van der Waals surface area contributed by atoms with Crippen molar-refractivity contribution in [2.24, 2.45) is 0 Å². The van der Waals surface area contributed by atoms with Crippen LogP contribution in [0.15, 0.2) is 42.2 Å². The smallest absolute Gasteiger partial charge is 0.231 e. The molecule has 0 spiro atoms. The fourth-order valence-electron chi connectivity index (χ4n) is 4.38. The number of hydrogen-bond acceptors (Lipinski definition) is 6. The molecule has 0 aromatic heterocycles. The first kappa shape index (κ1) is 21.2. The Morgan fingerprint density at radius 3 is 2.50 bits per heavy atom. The average molecular weight is 435 g/mol. The van der Waals surface area contributed by atoms with E-state index < -0.39 is 0 Å². The van der Waals surface area contributed by atoms with E-state index in [1.807, 2.05) is 30.3 Å². The minimum atomic E-state index is -0.0684. The van der Waals surface area contributed by atoms with Crippen molar-refractivity contribution in [2.45, 2.75) is 26.3 Å². The lowest BCUT2D eigenvalue weighted by molar-refractivity contribution is 0.0239. The monoisotopic (exact) mass is 434 g/mol. The van der Waals surface area contributed by atoms with Gasteiger partial charge >= 0.3 is 0 Å². The zero-order valence-electron chi connectivity index (χ0n) is 18.8. The van der Waals surface area contributed by atoms with Crippen LogP contribution in [-0.4, -0.2) is 61.7 Å². The summed E-state index contributed by atoms with van der Waals surface area (Å²) in [6, 6.07) is 12.0. The molecule has 0 amide bonds. The summed E-state index contributed by atoms with van der Waals surface area (Å²) in [5, 5.41) is 0. The number of carbonyl (C=O) groups excluding carboxylic acids is 1. The molecular formula is C26H30N2O4. The Labute approximate surface area is 189 Å². The third-order valence-electron chi connectivity index (χ3n) is 6.42. The van der Waals surface area contributed by atoms with Gasteiger partial charge < -0.3 is 14.2 Å². The standard InChI is InChI=1S/C26H30N2O4/c1-18(2)20-5-3-19(4-6-20)15-24-25(29)21-7-8-23-22(26(21)32-24)16-28(17-31-23)10-9-27-11-13-30-14-12-27/h3-8,15,18H,9-14,16-17H2,1-2H3/b24-15-. The van der Waals surface area contributed by atoms with Crippen molar-refractivity contribution < 1.29 is 19.0 Å². The van der Waals surface area contributed by atoms with Gasteiger partial charge in [-0.15, -0.1) is 0 Å². The predicted molar refractivity (Wildman–Crippen MR) is 123 cm³/mol. The Morgan fingerprint density at radius 2 is 1.75 bits per heavy atom. The van der Waals surface area contributed by atoms with E-state index in [-0.39, 0.29) is 5.78 Å². The molecule has 0 N–H and O–H groups in total. The second-order valence-electron chi connectivity index (χ2n) is 8.96. The van der Waals surface area contributed by atoms with Crippen molar-refractivity contribution >= 4 is 11.9 Å². The number of morpholine rings is 1. The molecule has 3 aliphatic rings. The van der Waals surface area contributed by atoms with Gasteiger partial charge in [0.15, 0.2) is 5.76 Å². The van der Waals surface area contributed by atoms with Crippen molar-refractivity contribution in [3.05, 3.63) is 64.4 Å². The summed E-state index contributed by atoms with van der Waals surface area (Å²) in [6.07, 6.45) is 1.83. The summed E-state index contributed by atoms with van der Waals surface area (Å²) in [5.74, 6) is 2.23. The van der Waals surface area contributed by atoms with Gasteiger partial charge in [0.05, 0.1) is 24.3 Å². The van der Waals surface area contributed by atoms with Crippen LogP contribution >= 0.6 is 0 Å². The van der Waals surface area contributed by atoms with Crippen LogP contribution in [0.4, 0.5) is 0 Å². The number of hydrogen-bond donors (Lipinski definition) is 0. The minimum Gasteiger partial charge on any atom is -0.478 e. The molecule has 168 valence electrons. The number of carbonyl (C=O) groups is 1. The largest absolute Gasteiger partial charge is 0.478 e. The number of Topliss-reactive ketones (excluding diaryl/α,β-unsaturated/α-hetero) is 1. The molecule has 6 heteroatoms. The SMILES string of the molecule is CC(C)c1ccc(/C=C2\Oc3c(ccc4c3CN(CCN3CCOCC3)CO4)C2=O)cc1. The lowest BCUT2D eigenvalue weighted by Gasteiger charge is -2.33. The van der Waals surface area contributed by atoms with E-state index in [9.17, 15) is 4.79 Å². The highest BCUT2D eigenvalue weighted by atomic mass is 16.5. The van der Waals surface area contributed by atoms with Gasteiger partial charge in [0.2, 0.25) is 5.78 Å². The Bertz CT molecular complexity index is 1020. The van der Waals surface area contributed by atoms with E-state index in [1.165, 1.54) is 5.56 Å². The Morgan fingerprint density at radius 1 is 1.00 bits per heavy atom. The Kier molecular flexibility index (Phi) is 6.00. The molecule has 0 saturated carbocycles. The summed E-state index contributed by atoms with van der Waals surface area (Å²) < 4.78 is 17.6. The number of allylic oxidation sites excluding steroid dienone is 1. The van der Waals surface area contributed by atoms with Crippen molar-refractivity contribution in [1.29, 1.82) is 0 Å². The van der Waals surface area contributed by atoms with Crippen LogP contribution in [0.3, 0.4) is 0 Å². The van der Waals surface area contributed by atoms with Crippen molar-refractivity contribution in [3.63, 3.8) is 0 Å². The van der Waals surface area contributed by atoms with Crippen LogP contribution in [0.2, 0.25) is 0 Å². The van der Waals surface area contributed by atoms with Crippen LogP contribution in [-0.2, 0) is 11.3 Å². The zero-order valence-corrected chi connectivity index (χ0v) is 18.8. The van der Waals surface area contributed by atoms with Crippen LogP contribution in [0.1, 0.15) is 46.8 Å². The third kappa shape index (κ3) is 4.31. The summed E-state index contributed by atoms with van der Waals surface area (Å²) >= 11 is 0. The van der Waals surface area contributed by atoms with Crippen molar-refractivity contribution in [2.75, 3.05) is 46.1 Å². The van der Waals surface area contributed by atoms with E-state index in [4.69, 9.17) is 14.2 Å². The van der Waals surface area contributed by atoms with Crippen LogP contribution < -0.4 is 9.47 Å². The quantitative estimate of drug-likeness (QED) is 0.665. The fourth-order valence-corrected chi connectivity index (χ4v) is 4.38. The first-order chi connectivity index (χ1) is 15.6. The second kappa shape index (κ2) is 9.06. The molecule has 0 aliphatic carbocycles. The van der Waals surface area contributed by atoms with Crippen LogP contribution in [0.5, 0.6) is 11.5 Å². The summed E-state index contributed by atoms with van der Waals surface area (Å²) in [5.41, 5.74) is 3.82. The highest BCUT2D eigenvalue weighted by Crippen LogP contribution is 2.42. The van der Waals surface area contributed by atoms with E-state index in [2.05, 4.69) is 35.8 Å². The highest BCUT2D eigenvalue weighted by molar-refractivity contribution is 6.15. The average Bonchev–Trinajstić information content (AvgIpc) is 3.14. The first-order valence-electron chi connectivity index (χ1n) is 11.4. The number of ether oxygens (including phenoxy) is 3. The van der Waals surface area contributed by atoms with Gasteiger partial charge in [-0.25, -0.2) is 0 Å².